The molecule has 1 amide bonds. The van der Waals surface area contributed by atoms with E-state index in [0.29, 0.717) is 17.7 Å². The van der Waals surface area contributed by atoms with Gasteiger partial charge in [0.25, 0.3) is 0 Å². The molecule has 1 atom stereocenters. The second-order valence-electron chi connectivity index (χ2n) is 4.21. The van der Waals surface area contributed by atoms with Crippen LogP contribution in [0.3, 0.4) is 0 Å². The number of benzene rings is 1. The number of anilines is 1. The van der Waals surface area contributed by atoms with Gasteiger partial charge in [-0.3, -0.25) is 4.79 Å². The van der Waals surface area contributed by atoms with E-state index < -0.39 is 12.1 Å². The van der Waals surface area contributed by atoms with Crippen LogP contribution in [0.5, 0.6) is 0 Å². The Morgan fingerprint density at radius 2 is 2.17 bits per heavy atom. The van der Waals surface area contributed by atoms with E-state index in [-0.39, 0.29) is 18.9 Å². The number of aliphatic hydroxyl groups is 1. The van der Waals surface area contributed by atoms with Gasteiger partial charge in [-0.15, -0.1) is 0 Å². The quantitative estimate of drug-likeness (QED) is 0.793. The third-order valence-electron chi connectivity index (χ3n) is 2.99. The molecule has 0 aromatic heterocycles. The Morgan fingerprint density at radius 1 is 1.44 bits per heavy atom. The van der Waals surface area contributed by atoms with Crippen LogP contribution in [0.25, 0.3) is 0 Å². The lowest BCUT2D eigenvalue weighted by molar-refractivity contribution is -0.121. The van der Waals surface area contributed by atoms with Gasteiger partial charge in [0.1, 0.15) is 0 Å². The monoisotopic (exact) mass is 249 g/mol. The molecule has 1 fully saturated rings. The van der Waals surface area contributed by atoms with Gasteiger partial charge in [-0.1, -0.05) is 12.1 Å². The third-order valence-corrected chi connectivity index (χ3v) is 2.99. The van der Waals surface area contributed by atoms with Crippen molar-refractivity contribution in [2.75, 3.05) is 18.6 Å². The largest absolute Gasteiger partial charge is 0.465 e. The summed E-state index contributed by atoms with van der Waals surface area (Å²) in [6, 6.07) is 6.74. The summed E-state index contributed by atoms with van der Waals surface area (Å²) < 4.78 is 4.69. The number of esters is 1. The number of amides is 1. The SMILES string of the molecule is COC(=O)c1ccccc1N1CC(O)CCC1=O. The summed E-state index contributed by atoms with van der Waals surface area (Å²) in [5.74, 6) is -0.574. The van der Waals surface area contributed by atoms with E-state index in [9.17, 15) is 14.7 Å². The van der Waals surface area contributed by atoms with Crippen LogP contribution in [0.4, 0.5) is 5.69 Å². The molecule has 1 aliphatic rings. The van der Waals surface area contributed by atoms with Crippen molar-refractivity contribution in [3.8, 4) is 0 Å². The Bertz CT molecular complexity index is 472. The molecule has 18 heavy (non-hydrogen) atoms. The Balaban J connectivity index is 2.37. The third kappa shape index (κ3) is 2.36. The van der Waals surface area contributed by atoms with Crippen molar-refractivity contribution in [1.82, 2.24) is 0 Å². The molecule has 2 rings (SSSR count). The van der Waals surface area contributed by atoms with Gasteiger partial charge in [0.15, 0.2) is 0 Å². The van der Waals surface area contributed by atoms with Gasteiger partial charge in [-0.05, 0) is 18.6 Å². The molecule has 96 valence electrons. The fourth-order valence-electron chi connectivity index (χ4n) is 2.05. The van der Waals surface area contributed by atoms with Gasteiger partial charge >= 0.3 is 5.97 Å². The summed E-state index contributed by atoms with van der Waals surface area (Å²) >= 11 is 0. The highest BCUT2D eigenvalue weighted by atomic mass is 16.5. The number of piperidine rings is 1. The maximum absolute atomic E-state index is 11.9. The number of carbonyl (C=O) groups is 2. The lowest BCUT2D eigenvalue weighted by Gasteiger charge is -2.31. The number of nitrogens with zero attached hydrogens (tertiary/aromatic N) is 1. The van der Waals surface area contributed by atoms with Crippen LogP contribution < -0.4 is 4.90 Å². The molecule has 1 aromatic carbocycles. The normalized spacial score (nSPS) is 19.8. The summed E-state index contributed by atoms with van der Waals surface area (Å²) in [5, 5.41) is 9.64. The topological polar surface area (TPSA) is 66.8 Å². The van der Waals surface area contributed by atoms with Gasteiger partial charge in [0.2, 0.25) is 5.91 Å². The van der Waals surface area contributed by atoms with Crippen LogP contribution in [0.2, 0.25) is 0 Å². The summed E-state index contributed by atoms with van der Waals surface area (Å²) in [5.41, 5.74) is 0.829. The van der Waals surface area contributed by atoms with Crippen molar-refractivity contribution < 1.29 is 19.4 Å². The number of methoxy groups -OCH3 is 1. The Kier molecular flexibility index (Phi) is 3.62. The molecule has 1 saturated heterocycles. The first-order valence-corrected chi connectivity index (χ1v) is 5.79. The average Bonchev–Trinajstić information content (AvgIpc) is 2.40. The van der Waals surface area contributed by atoms with Crippen LogP contribution >= 0.6 is 0 Å². The summed E-state index contributed by atoms with van der Waals surface area (Å²) in [6.07, 6.45) is 0.209. The van der Waals surface area contributed by atoms with Crippen molar-refractivity contribution in [3.05, 3.63) is 29.8 Å². The van der Waals surface area contributed by atoms with Crippen molar-refractivity contribution >= 4 is 17.6 Å². The highest BCUT2D eigenvalue weighted by molar-refractivity contribution is 6.02. The number of rotatable bonds is 2. The maximum atomic E-state index is 11.9. The molecular formula is C13H15NO4. The minimum Gasteiger partial charge on any atom is -0.465 e. The van der Waals surface area contributed by atoms with E-state index in [0.717, 1.165) is 0 Å². The van der Waals surface area contributed by atoms with Gasteiger partial charge in [0, 0.05) is 6.42 Å². The van der Waals surface area contributed by atoms with E-state index in [1.54, 1.807) is 24.3 Å². The zero-order chi connectivity index (χ0) is 13.1. The molecule has 1 aliphatic heterocycles. The molecule has 0 spiro atoms. The second kappa shape index (κ2) is 5.18. The number of aliphatic hydroxyl groups excluding tert-OH is 1. The van der Waals surface area contributed by atoms with Gasteiger partial charge in [0.05, 0.1) is 31.0 Å². The molecular weight excluding hydrogens is 234 g/mol. The Morgan fingerprint density at radius 3 is 2.89 bits per heavy atom. The average molecular weight is 249 g/mol. The standard InChI is InChI=1S/C13H15NO4/c1-18-13(17)10-4-2-3-5-11(10)14-8-9(15)6-7-12(14)16/h2-5,9,15H,6-8H2,1H3. The van der Waals surface area contributed by atoms with E-state index in [2.05, 4.69) is 0 Å². The minimum atomic E-state index is -0.548. The zero-order valence-corrected chi connectivity index (χ0v) is 10.1. The van der Waals surface area contributed by atoms with Crippen molar-refractivity contribution in [1.29, 1.82) is 0 Å². The first kappa shape index (κ1) is 12.6. The molecule has 1 N–H and O–H groups in total. The molecule has 1 aromatic rings. The maximum Gasteiger partial charge on any atom is 0.339 e. The van der Waals surface area contributed by atoms with Gasteiger partial charge in [-0.2, -0.15) is 0 Å². The summed E-state index contributed by atoms with van der Waals surface area (Å²) in [4.78, 5) is 25.0. The molecule has 1 heterocycles. The number of β-amino-alcohol motifs (C(OH)–C–C–N with tert-alkyl or cyclic N) is 1. The number of hydrogen-bond donors (Lipinski definition) is 1. The second-order valence-corrected chi connectivity index (χ2v) is 4.21. The number of para-hydroxylation sites is 1. The minimum absolute atomic E-state index is 0.0864. The van der Waals surface area contributed by atoms with E-state index >= 15 is 0 Å². The highest BCUT2D eigenvalue weighted by Gasteiger charge is 2.28. The fourth-order valence-corrected chi connectivity index (χ4v) is 2.05. The van der Waals surface area contributed by atoms with Crippen LogP contribution in [0.15, 0.2) is 24.3 Å². The van der Waals surface area contributed by atoms with Crippen molar-refractivity contribution in [3.63, 3.8) is 0 Å². The Hall–Kier alpha value is -1.88. The van der Waals surface area contributed by atoms with E-state index in [1.807, 2.05) is 0 Å². The van der Waals surface area contributed by atoms with Crippen LogP contribution in [-0.2, 0) is 9.53 Å². The van der Waals surface area contributed by atoms with E-state index in [4.69, 9.17) is 4.74 Å². The number of ether oxygens (including phenoxy) is 1. The molecule has 5 nitrogen and oxygen atoms in total. The summed E-state index contributed by atoms with van der Waals surface area (Å²) in [6.45, 7) is 0.215. The van der Waals surface area contributed by atoms with Crippen molar-refractivity contribution in [2.24, 2.45) is 0 Å². The van der Waals surface area contributed by atoms with Crippen LogP contribution in [0.1, 0.15) is 23.2 Å². The van der Waals surface area contributed by atoms with Crippen LogP contribution in [0, 0.1) is 0 Å². The smallest absolute Gasteiger partial charge is 0.339 e. The first-order chi connectivity index (χ1) is 8.63. The lowest BCUT2D eigenvalue weighted by atomic mass is 10.0. The van der Waals surface area contributed by atoms with Gasteiger partial charge < -0.3 is 14.7 Å². The van der Waals surface area contributed by atoms with Gasteiger partial charge in [-0.25, -0.2) is 4.79 Å². The molecule has 0 saturated carbocycles. The molecule has 0 bridgehead atoms. The number of hydrogen-bond acceptors (Lipinski definition) is 4. The highest BCUT2D eigenvalue weighted by Crippen LogP contribution is 2.25. The molecule has 1 unspecified atom stereocenters. The van der Waals surface area contributed by atoms with Crippen LogP contribution in [-0.4, -0.2) is 36.7 Å². The molecule has 5 heteroatoms. The first-order valence-electron chi connectivity index (χ1n) is 5.79. The fraction of sp³-hybridized carbons (Fsp3) is 0.385. The van der Waals surface area contributed by atoms with E-state index in [1.165, 1.54) is 12.0 Å². The lowest BCUT2D eigenvalue weighted by Crippen LogP contribution is -2.43. The van der Waals surface area contributed by atoms with Crippen molar-refractivity contribution in [2.45, 2.75) is 18.9 Å². The number of carbonyl (C=O) groups excluding carboxylic acids is 2. The summed E-state index contributed by atoms with van der Waals surface area (Å²) in [7, 11) is 1.30. The molecule has 0 radical (unpaired) electrons. The molecule has 0 aliphatic carbocycles. The predicted octanol–water partition coefficient (Wildman–Crippen LogP) is 0.961. The predicted molar refractivity (Wildman–Crippen MR) is 65.4 cm³/mol. The Labute approximate surface area is 105 Å². The zero-order valence-electron chi connectivity index (χ0n) is 10.1.